The van der Waals surface area contributed by atoms with Crippen molar-refractivity contribution in [3.8, 4) is 11.5 Å². The topological polar surface area (TPSA) is 81.5 Å². The Bertz CT molecular complexity index is 615. The molecule has 0 spiro atoms. The van der Waals surface area contributed by atoms with E-state index in [1.54, 1.807) is 26.0 Å². The number of quaternary nitrogens is 1. The zero-order valence-corrected chi connectivity index (χ0v) is 15.7. The van der Waals surface area contributed by atoms with Crippen LogP contribution in [0.5, 0.6) is 11.5 Å². The average Bonchev–Trinajstić information content (AvgIpc) is 2.66. The first-order valence-electron chi connectivity index (χ1n) is 8.80. The van der Waals surface area contributed by atoms with Gasteiger partial charge in [-0.3, -0.25) is 9.69 Å². The highest BCUT2D eigenvalue weighted by molar-refractivity contribution is 5.76. The van der Waals surface area contributed by atoms with Gasteiger partial charge in [0.15, 0.2) is 18.0 Å². The van der Waals surface area contributed by atoms with Gasteiger partial charge in [-0.1, -0.05) is 6.07 Å². The van der Waals surface area contributed by atoms with E-state index in [1.165, 1.54) is 0 Å². The molecule has 8 nitrogen and oxygen atoms in total. The molecule has 2 N–H and O–H groups in total. The van der Waals surface area contributed by atoms with Crippen LogP contribution in [0.3, 0.4) is 0 Å². The quantitative estimate of drug-likeness (QED) is 0.691. The van der Waals surface area contributed by atoms with Crippen molar-refractivity contribution in [2.45, 2.75) is 13.5 Å². The van der Waals surface area contributed by atoms with Gasteiger partial charge < -0.3 is 24.4 Å². The molecule has 26 heavy (non-hydrogen) atoms. The summed E-state index contributed by atoms with van der Waals surface area (Å²) >= 11 is 0. The molecule has 1 fully saturated rings. The summed E-state index contributed by atoms with van der Waals surface area (Å²) in [5.74, 6) is 1.28. The predicted molar refractivity (Wildman–Crippen MR) is 95.6 cm³/mol. The molecule has 0 saturated carbocycles. The molecule has 0 aliphatic carbocycles. The molecule has 1 aliphatic rings. The van der Waals surface area contributed by atoms with E-state index < -0.39 is 0 Å². The number of benzene rings is 1. The van der Waals surface area contributed by atoms with E-state index in [0.29, 0.717) is 44.3 Å². The zero-order valence-electron chi connectivity index (χ0n) is 15.7. The predicted octanol–water partition coefficient (Wildman–Crippen LogP) is -0.323. The van der Waals surface area contributed by atoms with Crippen LogP contribution in [0.2, 0.25) is 0 Å². The minimum absolute atomic E-state index is 0.0145. The standard InChI is InChI=1S/C18H27N3O5/c1-4-26-18(23)21-9-7-20(8-10-21)13-17(22)19-12-14-5-6-15(24-2)16(11-14)25-3/h5-6,11H,4,7-10,12-13H2,1-3H3,(H,19,22)/p+1. The third kappa shape index (κ3) is 5.52. The van der Waals surface area contributed by atoms with E-state index in [0.717, 1.165) is 23.6 Å². The molecular formula is C18H28N3O5+. The normalized spacial score (nSPS) is 14.7. The van der Waals surface area contributed by atoms with Crippen molar-refractivity contribution in [1.82, 2.24) is 10.2 Å². The van der Waals surface area contributed by atoms with E-state index in [9.17, 15) is 9.59 Å². The van der Waals surface area contributed by atoms with Crippen LogP contribution < -0.4 is 19.7 Å². The van der Waals surface area contributed by atoms with Crippen LogP contribution in [-0.2, 0) is 16.1 Å². The molecule has 2 rings (SSSR count). The van der Waals surface area contributed by atoms with E-state index in [2.05, 4.69) is 5.32 Å². The number of ether oxygens (including phenoxy) is 3. The average molecular weight is 366 g/mol. The number of rotatable bonds is 7. The Balaban J connectivity index is 1.75. The maximum Gasteiger partial charge on any atom is 0.410 e. The molecule has 8 heteroatoms. The van der Waals surface area contributed by atoms with Crippen molar-refractivity contribution in [1.29, 1.82) is 0 Å². The number of piperazine rings is 1. The maximum atomic E-state index is 12.2. The number of carbonyl (C=O) groups excluding carboxylic acids is 2. The molecular weight excluding hydrogens is 338 g/mol. The number of nitrogens with zero attached hydrogens (tertiary/aromatic N) is 1. The van der Waals surface area contributed by atoms with Crippen LogP contribution in [0.15, 0.2) is 18.2 Å². The maximum absolute atomic E-state index is 12.2. The minimum atomic E-state index is -0.274. The van der Waals surface area contributed by atoms with Crippen LogP contribution in [0.25, 0.3) is 0 Å². The van der Waals surface area contributed by atoms with Gasteiger partial charge in [0.25, 0.3) is 5.91 Å². The number of carbonyl (C=O) groups is 2. The van der Waals surface area contributed by atoms with E-state index in [-0.39, 0.29) is 12.0 Å². The van der Waals surface area contributed by atoms with Gasteiger partial charge in [0.1, 0.15) is 0 Å². The third-order valence-corrected chi connectivity index (χ3v) is 4.34. The molecule has 0 radical (unpaired) electrons. The van der Waals surface area contributed by atoms with Gasteiger partial charge in [-0.25, -0.2) is 4.79 Å². The van der Waals surface area contributed by atoms with Gasteiger partial charge in [-0.15, -0.1) is 0 Å². The lowest BCUT2D eigenvalue weighted by Crippen LogP contribution is -3.15. The lowest BCUT2D eigenvalue weighted by molar-refractivity contribution is -0.896. The molecule has 0 bridgehead atoms. The molecule has 2 amide bonds. The Morgan fingerprint density at radius 3 is 2.46 bits per heavy atom. The smallest absolute Gasteiger partial charge is 0.410 e. The first-order chi connectivity index (χ1) is 12.6. The van der Waals surface area contributed by atoms with Crippen molar-refractivity contribution in [3.05, 3.63) is 23.8 Å². The summed E-state index contributed by atoms with van der Waals surface area (Å²) in [4.78, 5) is 26.7. The van der Waals surface area contributed by atoms with Gasteiger partial charge in [0.05, 0.1) is 47.0 Å². The minimum Gasteiger partial charge on any atom is -0.493 e. The molecule has 1 aromatic rings. The zero-order chi connectivity index (χ0) is 18.9. The van der Waals surface area contributed by atoms with Crippen LogP contribution in [0, 0.1) is 0 Å². The molecule has 0 atom stereocenters. The Labute approximate surface area is 154 Å². The van der Waals surface area contributed by atoms with Crippen molar-refractivity contribution in [2.75, 3.05) is 53.6 Å². The molecule has 1 saturated heterocycles. The highest BCUT2D eigenvalue weighted by Crippen LogP contribution is 2.27. The summed E-state index contributed by atoms with van der Waals surface area (Å²) in [6, 6.07) is 5.57. The number of hydrogen-bond donors (Lipinski definition) is 2. The fraction of sp³-hybridized carbons (Fsp3) is 0.556. The summed E-state index contributed by atoms with van der Waals surface area (Å²) in [5.41, 5.74) is 0.943. The number of nitrogens with one attached hydrogen (secondary N) is 2. The summed E-state index contributed by atoms with van der Waals surface area (Å²) < 4.78 is 15.5. The van der Waals surface area contributed by atoms with Crippen LogP contribution in [0.4, 0.5) is 4.79 Å². The van der Waals surface area contributed by atoms with Crippen molar-refractivity contribution in [3.63, 3.8) is 0 Å². The highest BCUT2D eigenvalue weighted by atomic mass is 16.6. The van der Waals surface area contributed by atoms with Crippen LogP contribution >= 0.6 is 0 Å². The van der Waals surface area contributed by atoms with Crippen LogP contribution in [0.1, 0.15) is 12.5 Å². The first-order valence-corrected chi connectivity index (χ1v) is 8.80. The summed E-state index contributed by atoms with van der Waals surface area (Å²) in [7, 11) is 3.17. The summed E-state index contributed by atoms with van der Waals surface area (Å²) in [6.45, 7) is 5.69. The number of amides is 2. The van der Waals surface area contributed by atoms with E-state index in [4.69, 9.17) is 14.2 Å². The first kappa shape index (κ1) is 19.8. The molecule has 0 aromatic heterocycles. The fourth-order valence-electron chi connectivity index (χ4n) is 2.88. The monoisotopic (exact) mass is 366 g/mol. The molecule has 144 valence electrons. The SMILES string of the molecule is CCOC(=O)N1CC[NH+](CC(=O)NCc2ccc(OC)c(OC)c2)CC1. The second-order valence-corrected chi connectivity index (χ2v) is 6.08. The van der Waals surface area contributed by atoms with Crippen molar-refractivity contribution in [2.24, 2.45) is 0 Å². The third-order valence-electron chi connectivity index (χ3n) is 4.34. The van der Waals surface area contributed by atoms with E-state index in [1.807, 2.05) is 18.2 Å². The highest BCUT2D eigenvalue weighted by Gasteiger charge is 2.25. The van der Waals surface area contributed by atoms with E-state index >= 15 is 0 Å². The number of methoxy groups -OCH3 is 2. The van der Waals surface area contributed by atoms with Gasteiger partial charge in [-0.2, -0.15) is 0 Å². The Morgan fingerprint density at radius 2 is 1.85 bits per heavy atom. The Morgan fingerprint density at radius 1 is 1.15 bits per heavy atom. The second kappa shape index (κ2) is 9.86. The Kier molecular flexibility index (Phi) is 7.53. The number of hydrogen-bond acceptors (Lipinski definition) is 5. The molecule has 1 aromatic carbocycles. The Hall–Kier alpha value is -2.48. The largest absolute Gasteiger partial charge is 0.493 e. The molecule has 0 unspecified atom stereocenters. The van der Waals surface area contributed by atoms with Gasteiger partial charge in [0, 0.05) is 6.54 Å². The second-order valence-electron chi connectivity index (χ2n) is 6.08. The van der Waals surface area contributed by atoms with Gasteiger partial charge >= 0.3 is 6.09 Å². The summed E-state index contributed by atoms with van der Waals surface area (Å²) in [6.07, 6.45) is -0.274. The van der Waals surface area contributed by atoms with Crippen molar-refractivity contribution < 1.29 is 28.7 Å². The fourth-order valence-corrected chi connectivity index (χ4v) is 2.88. The van der Waals surface area contributed by atoms with Gasteiger partial charge in [0.2, 0.25) is 0 Å². The summed E-state index contributed by atoms with van der Waals surface area (Å²) in [5, 5.41) is 2.93. The molecule has 1 heterocycles. The lowest BCUT2D eigenvalue weighted by Gasteiger charge is -2.31. The molecule has 1 aliphatic heterocycles. The lowest BCUT2D eigenvalue weighted by atomic mass is 10.2. The van der Waals surface area contributed by atoms with Gasteiger partial charge in [-0.05, 0) is 24.6 Å². The van der Waals surface area contributed by atoms with Crippen LogP contribution in [-0.4, -0.2) is 70.5 Å². The van der Waals surface area contributed by atoms with Crippen molar-refractivity contribution >= 4 is 12.0 Å².